The molecule has 1 aromatic rings. The first-order valence-electron chi connectivity index (χ1n) is 6.61. The number of nitrogens with zero attached hydrogens (tertiary/aromatic N) is 3. The Balaban J connectivity index is 1.64. The minimum absolute atomic E-state index is 0.158. The Morgan fingerprint density at radius 2 is 2.21 bits per heavy atom. The fraction of sp³-hybridized carbons (Fsp3) is 0.583. The van der Waals surface area contributed by atoms with Gasteiger partial charge in [-0.3, -0.25) is 9.69 Å². The van der Waals surface area contributed by atoms with Gasteiger partial charge in [0, 0.05) is 18.6 Å². The number of anilines is 1. The lowest BCUT2D eigenvalue weighted by atomic mass is 10.1. The molecule has 1 aromatic heterocycles. The maximum absolute atomic E-state index is 12.1. The Morgan fingerprint density at radius 1 is 1.32 bits per heavy atom. The van der Waals surface area contributed by atoms with E-state index in [0.717, 1.165) is 19.5 Å². The van der Waals surface area contributed by atoms with Crippen molar-refractivity contribution in [1.82, 2.24) is 20.2 Å². The van der Waals surface area contributed by atoms with E-state index in [-0.39, 0.29) is 11.9 Å². The SMILES string of the molecule is NNc1cnc(C(=O)NC2CCN3CCCC23)cn1. The van der Waals surface area contributed by atoms with Crippen LogP contribution in [-0.2, 0) is 0 Å². The summed E-state index contributed by atoms with van der Waals surface area (Å²) in [6.07, 6.45) is 6.31. The van der Waals surface area contributed by atoms with Crippen LogP contribution in [0.4, 0.5) is 5.82 Å². The summed E-state index contributed by atoms with van der Waals surface area (Å²) in [4.78, 5) is 22.6. The molecule has 2 aliphatic heterocycles. The van der Waals surface area contributed by atoms with Crippen molar-refractivity contribution in [2.75, 3.05) is 18.5 Å². The first-order valence-corrected chi connectivity index (χ1v) is 6.61. The summed E-state index contributed by atoms with van der Waals surface area (Å²) in [6.45, 7) is 2.24. The summed E-state index contributed by atoms with van der Waals surface area (Å²) in [7, 11) is 0. The Morgan fingerprint density at radius 3 is 2.95 bits per heavy atom. The average molecular weight is 262 g/mol. The van der Waals surface area contributed by atoms with Crippen LogP contribution in [0.2, 0.25) is 0 Å². The van der Waals surface area contributed by atoms with E-state index in [4.69, 9.17) is 5.84 Å². The smallest absolute Gasteiger partial charge is 0.271 e. The predicted molar refractivity (Wildman–Crippen MR) is 70.3 cm³/mol. The number of carbonyl (C=O) groups excluding carboxylic acids is 1. The van der Waals surface area contributed by atoms with Crippen LogP contribution in [0.15, 0.2) is 12.4 Å². The lowest BCUT2D eigenvalue weighted by molar-refractivity contribution is 0.0924. The molecule has 0 radical (unpaired) electrons. The summed E-state index contributed by atoms with van der Waals surface area (Å²) in [5, 5.41) is 3.07. The van der Waals surface area contributed by atoms with Crippen molar-refractivity contribution in [2.24, 2.45) is 5.84 Å². The van der Waals surface area contributed by atoms with Gasteiger partial charge in [-0.1, -0.05) is 0 Å². The normalized spacial score (nSPS) is 26.2. The molecule has 0 aliphatic carbocycles. The summed E-state index contributed by atoms with van der Waals surface area (Å²) in [5.74, 6) is 5.49. The van der Waals surface area contributed by atoms with Crippen LogP contribution in [0.25, 0.3) is 0 Å². The number of hydrogen-bond acceptors (Lipinski definition) is 6. The zero-order valence-electron chi connectivity index (χ0n) is 10.7. The molecule has 3 heterocycles. The molecule has 7 nitrogen and oxygen atoms in total. The van der Waals surface area contributed by atoms with E-state index in [0.29, 0.717) is 17.6 Å². The minimum atomic E-state index is -0.158. The number of carbonyl (C=O) groups is 1. The highest BCUT2D eigenvalue weighted by atomic mass is 16.2. The van der Waals surface area contributed by atoms with Gasteiger partial charge in [-0.2, -0.15) is 0 Å². The van der Waals surface area contributed by atoms with Crippen molar-refractivity contribution >= 4 is 11.7 Å². The fourth-order valence-electron chi connectivity index (χ4n) is 3.01. The fourth-order valence-corrected chi connectivity index (χ4v) is 3.01. The molecule has 2 fully saturated rings. The first-order chi connectivity index (χ1) is 9.28. The lowest BCUT2D eigenvalue weighted by Crippen LogP contribution is -2.42. The van der Waals surface area contributed by atoms with Crippen molar-refractivity contribution in [3.05, 3.63) is 18.1 Å². The topological polar surface area (TPSA) is 96.2 Å². The van der Waals surface area contributed by atoms with Gasteiger partial charge in [0.25, 0.3) is 5.91 Å². The number of nitrogens with two attached hydrogens (primary N) is 1. The molecule has 4 N–H and O–H groups in total. The zero-order valence-corrected chi connectivity index (χ0v) is 10.7. The molecule has 2 aliphatic rings. The van der Waals surface area contributed by atoms with E-state index in [1.807, 2.05) is 0 Å². The van der Waals surface area contributed by atoms with Crippen molar-refractivity contribution in [2.45, 2.75) is 31.3 Å². The molecule has 2 unspecified atom stereocenters. The molecule has 1 amide bonds. The second-order valence-corrected chi connectivity index (χ2v) is 5.05. The number of amides is 1. The third kappa shape index (κ3) is 2.39. The number of nitrogens with one attached hydrogen (secondary N) is 2. The molecule has 0 bridgehead atoms. The molecule has 0 aromatic carbocycles. The highest BCUT2D eigenvalue weighted by Crippen LogP contribution is 2.27. The van der Waals surface area contributed by atoms with Gasteiger partial charge < -0.3 is 10.7 Å². The van der Waals surface area contributed by atoms with E-state index in [2.05, 4.69) is 25.6 Å². The van der Waals surface area contributed by atoms with Crippen molar-refractivity contribution < 1.29 is 4.79 Å². The van der Waals surface area contributed by atoms with Gasteiger partial charge in [0.1, 0.15) is 5.69 Å². The van der Waals surface area contributed by atoms with Crippen LogP contribution in [0.3, 0.4) is 0 Å². The van der Waals surface area contributed by atoms with Crippen LogP contribution in [0.1, 0.15) is 29.8 Å². The van der Waals surface area contributed by atoms with Gasteiger partial charge in [-0.15, -0.1) is 0 Å². The van der Waals surface area contributed by atoms with Gasteiger partial charge in [-0.25, -0.2) is 15.8 Å². The number of aromatic nitrogens is 2. The van der Waals surface area contributed by atoms with Crippen molar-refractivity contribution in [3.8, 4) is 0 Å². The maximum Gasteiger partial charge on any atom is 0.271 e. The van der Waals surface area contributed by atoms with E-state index in [1.165, 1.54) is 25.2 Å². The van der Waals surface area contributed by atoms with Gasteiger partial charge in [0.2, 0.25) is 0 Å². The summed E-state index contributed by atoms with van der Waals surface area (Å²) in [5.41, 5.74) is 2.71. The van der Waals surface area contributed by atoms with Gasteiger partial charge in [-0.05, 0) is 25.8 Å². The van der Waals surface area contributed by atoms with Crippen molar-refractivity contribution in [3.63, 3.8) is 0 Å². The number of hydrazine groups is 1. The molecule has 102 valence electrons. The second-order valence-electron chi connectivity index (χ2n) is 5.05. The predicted octanol–water partition coefficient (Wildman–Crippen LogP) is -0.271. The number of rotatable bonds is 3. The molecular formula is C12H18N6O. The third-order valence-electron chi connectivity index (χ3n) is 3.95. The standard InChI is InChI=1S/C12H18N6O/c13-17-11-7-14-9(6-15-11)12(19)16-8-3-5-18-4-1-2-10(8)18/h6-8,10H,1-5,13H2,(H,15,17)(H,16,19). The lowest BCUT2D eigenvalue weighted by Gasteiger charge is -2.20. The largest absolute Gasteiger partial charge is 0.346 e. The van der Waals surface area contributed by atoms with Crippen molar-refractivity contribution in [1.29, 1.82) is 0 Å². The average Bonchev–Trinajstić information content (AvgIpc) is 3.04. The molecule has 19 heavy (non-hydrogen) atoms. The molecule has 2 atom stereocenters. The Kier molecular flexibility index (Phi) is 3.31. The van der Waals surface area contributed by atoms with Gasteiger partial charge in [0.15, 0.2) is 5.82 Å². The molecule has 2 saturated heterocycles. The van der Waals surface area contributed by atoms with Crippen LogP contribution in [-0.4, -0.2) is 45.9 Å². The number of hydrogen-bond donors (Lipinski definition) is 3. The zero-order chi connectivity index (χ0) is 13.2. The monoisotopic (exact) mass is 262 g/mol. The van der Waals surface area contributed by atoms with Crippen LogP contribution in [0.5, 0.6) is 0 Å². The van der Waals surface area contributed by atoms with Crippen LogP contribution < -0.4 is 16.6 Å². The summed E-state index contributed by atoms with van der Waals surface area (Å²) >= 11 is 0. The highest BCUT2D eigenvalue weighted by molar-refractivity contribution is 5.92. The van der Waals surface area contributed by atoms with Gasteiger partial charge >= 0.3 is 0 Å². The molecule has 0 saturated carbocycles. The molecule has 7 heteroatoms. The molecule has 3 rings (SSSR count). The Bertz CT molecular complexity index is 462. The minimum Gasteiger partial charge on any atom is -0.346 e. The third-order valence-corrected chi connectivity index (χ3v) is 3.95. The highest BCUT2D eigenvalue weighted by Gasteiger charge is 2.37. The van der Waals surface area contributed by atoms with E-state index in [1.54, 1.807) is 0 Å². The maximum atomic E-state index is 12.1. The second kappa shape index (κ2) is 5.10. The Hall–Kier alpha value is -1.73. The Labute approximate surface area is 111 Å². The summed E-state index contributed by atoms with van der Waals surface area (Å²) in [6, 6.07) is 0.742. The molecule has 0 spiro atoms. The van der Waals surface area contributed by atoms with Crippen LogP contribution >= 0.6 is 0 Å². The van der Waals surface area contributed by atoms with E-state index in [9.17, 15) is 4.79 Å². The van der Waals surface area contributed by atoms with Crippen LogP contribution in [0, 0.1) is 0 Å². The number of nitrogen functional groups attached to an aromatic ring is 1. The van der Waals surface area contributed by atoms with Gasteiger partial charge in [0.05, 0.1) is 12.4 Å². The number of fused-ring (bicyclic) bond motifs is 1. The summed E-state index contributed by atoms with van der Waals surface area (Å²) < 4.78 is 0. The van der Waals surface area contributed by atoms with E-state index >= 15 is 0 Å². The molecular weight excluding hydrogens is 244 g/mol. The van der Waals surface area contributed by atoms with E-state index < -0.39 is 0 Å². The quantitative estimate of drug-likeness (QED) is 0.512. The first kappa shape index (κ1) is 12.3.